The van der Waals surface area contributed by atoms with Crippen LogP contribution in [0.25, 0.3) is 0 Å². The third-order valence-electron chi connectivity index (χ3n) is 4.77. The molecule has 0 saturated carbocycles. The van der Waals surface area contributed by atoms with E-state index in [4.69, 9.17) is 4.74 Å². The fourth-order valence-corrected chi connectivity index (χ4v) is 2.76. The number of aryl methyl sites for hydroxylation is 2. The number of likely N-dealkylation sites (N-methyl/N-ethyl adjacent to an activating group) is 1. The maximum Gasteiger partial charge on any atom is 0.222 e. The largest absolute Gasteiger partial charge is 0.497 e. The van der Waals surface area contributed by atoms with Crippen molar-refractivity contribution in [3.63, 3.8) is 0 Å². The molecular weight excluding hydrogens is 342 g/mol. The van der Waals surface area contributed by atoms with Crippen LogP contribution in [0.2, 0.25) is 0 Å². The van der Waals surface area contributed by atoms with E-state index in [1.807, 2.05) is 26.0 Å². The van der Waals surface area contributed by atoms with E-state index in [1.54, 1.807) is 44.5 Å². The highest BCUT2D eigenvalue weighted by molar-refractivity contribution is 5.98. The van der Waals surface area contributed by atoms with Gasteiger partial charge in [-0.3, -0.25) is 9.59 Å². The second-order valence-corrected chi connectivity index (χ2v) is 6.79. The summed E-state index contributed by atoms with van der Waals surface area (Å²) in [4.78, 5) is 26.1. The summed E-state index contributed by atoms with van der Waals surface area (Å²) in [6.45, 7) is 4.13. The Balaban J connectivity index is 1.86. The molecule has 5 heteroatoms. The normalized spacial score (nSPS) is 11.7. The summed E-state index contributed by atoms with van der Waals surface area (Å²) in [5.41, 5.74) is 3.54. The molecule has 0 bridgehead atoms. The zero-order valence-corrected chi connectivity index (χ0v) is 16.4. The molecule has 2 aromatic carbocycles. The van der Waals surface area contributed by atoms with Crippen LogP contribution in [0.3, 0.4) is 0 Å². The first kappa shape index (κ1) is 20.6. The summed E-state index contributed by atoms with van der Waals surface area (Å²) in [6, 6.07) is 12.6. The van der Waals surface area contributed by atoms with Crippen molar-refractivity contribution in [3.05, 3.63) is 64.7 Å². The first-order valence-corrected chi connectivity index (χ1v) is 8.98. The van der Waals surface area contributed by atoms with Crippen molar-refractivity contribution in [2.24, 2.45) is 0 Å². The van der Waals surface area contributed by atoms with Crippen molar-refractivity contribution < 1.29 is 19.4 Å². The predicted molar refractivity (Wildman–Crippen MR) is 105 cm³/mol. The zero-order chi connectivity index (χ0) is 20.0. The van der Waals surface area contributed by atoms with Crippen LogP contribution in [0.4, 0.5) is 0 Å². The second kappa shape index (κ2) is 9.33. The summed E-state index contributed by atoms with van der Waals surface area (Å²) >= 11 is 0. The smallest absolute Gasteiger partial charge is 0.222 e. The van der Waals surface area contributed by atoms with E-state index in [9.17, 15) is 14.7 Å². The minimum absolute atomic E-state index is 0.0458. The van der Waals surface area contributed by atoms with E-state index in [2.05, 4.69) is 0 Å². The Morgan fingerprint density at radius 3 is 2.30 bits per heavy atom. The van der Waals surface area contributed by atoms with Gasteiger partial charge >= 0.3 is 0 Å². The second-order valence-electron chi connectivity index (χ2n) is 6.79. The van der Waals surface area contributed by atoms with Gasteiger partial charge in [0.1, 0.15) is 5.75 Å². The molecule has 5 nitrogen and oxygen atoms in total. The molecular formula is C22H27NO4. The van der Waals surface area contributed by atoms with Gasteiger partial charge in [-0.25, -0.2) is 0 Å². The highest BCUT2D eigenvalue weighted by Crippen LogP contribution is 2.19. The van der Waals surface area contributed by atoms with E-state index < -0.39 is 6.10 Å². The average Bonchev–Trinajstić information content (AvgIpc) is 2.67. The Bertz CT molecular complexity index is 798. The van der Waals surface area contributed by atoms with Gasteiger partial charge in [0.25, 0.3) is 0 Å². The van der Waals surface area contributed by atoms with Crippen molar-refractivity contribution in [1.29, 1.82) is 0 Å². The van der Waals surface area contributed by atoms with E-state index >= 15 is 0 Å². The number of Topliss-reactive ketones (excluding diaryl/α,β-unsaturated/α-hetero) is 1. The molecule has 0 saturated heterocycles. The van der Waals surface area contributed by atoms with Crippen LogP contribution < -0.4 is 4.74 Å². The molecule has 2 aromatic rings. The number of carbonyl (C=O) groups excluding carboxylic acids is 2. The van der Waals surface area contributed by atoms with Gasteiger partial charge in [0.15, 0.2) is 5.78 Å². The maximum absolute atomic E-state index is 12.3. The fourth-order valence-electron chi connectivity index (χ4n) is 2.76. The van der Waals surface area contributed by atoms with Crippen LogP contribution in [-0.4, -0.2) is 42.4 Å². The Kier molecular flexibility index (Phi) is 7.13. The summed E-state index contributed by atoms with van der Waals surface area (Å²) in [5, 5.41) is 10.3. The molecule has 0 spiro atoms. The Hall–Kier alpha value is -2.66. The molecule has 1 atom stereocenters. The molecule has 144 valence electrons. The minimum Gasteiger partial charge on any atom is -0.497 e. The number of amides is 1. The molecule has 27 heavy (non-hydrogen) atoms. The lowest BCUT2D eigenvalue weighted by Crippen LogP contribution is -2.31. The van der Waals surface area contributed by atoms with Gasteiger partial charge in [-0.1, -0.05) is 24.3 Å². The van der Waals surface area contributed by atoms with Crippen LogP contribution in [0, 0.1) is 13.8 Å². The molecule has 2 rings (SSSR count). The molecule has 0 aliphatic heterocycles. The number of hydrogen-bond donors (Lipinski definition) is 1. The molecule has 0 fully saturated rings. The molecule has 0 radical (unpaired) electrons. The first-order valence-electron chi connectivity index (χ1n) is 8.98. The van der Waals surface area contributed by atoms with Crippen molar-refractivity contribution in [3.8, 4) is 5.75 Å². The first-order chi connectivity index (χ1) is 12.8. The topological polar surface area (TPSA) is 66.8 Å². The number of ketones is 1. The third kappa shape index (κ3) is 5.66. The zero-order valence-electron chi connectivity index (χ0n) is 16.4. The predicted octanol–water partition coefficient (Wildman–Crippen LogP) is 3.47. The number of ether oxygens (including phenoxy) is 1. The quantitative estimate of drug-likeness (QED) is 0.724. The lowest BCUT2D eigenvalue weighted by molar-refractivity contribution is -0.131. The van der Waals surface area contributed by atoms with Gasteiger partial charge in [-0.15, -0.1) is 0 Å². The molecule has 1 N–H and O–H groups in total. The lowest BCUT2D eigenvalue weighted by atomic mass is 10.0. The van der Waals surface area contributed by atoms with Crippen molar-refractivity contribution in [2.75, 3.05) is 20.7 Å². The van der Waals surface area contributed by atoms with E-state index in [1.165, 1.54) is 4.90 Å². The molecule has 0 aliphatic carbocycles. The van der Waals surface area contributed by atoms with Gasteiger partial charge in [-0.05, 0) is 48.7 Å². The van der Waals surface area contributed by atoms with Gasteiger partial charge < -0.3 is 14.7 Å². The van der Waals surface area contributed by atoms with Crippen LogP contribution in [-0.2, 0) is 4.79 Å². The number of hydrogen-bond acceptors (Lipinski definition) is 4. The Morgan fingerprint density at radius 2 is 1.70 bits per heavy atom. The van der Waals surface area contributed by atoms with Crippen LogP contribution in [0.5, 0.6) is 5.75 Å². The molecule has 1 unspecified atom stereocenters. The monoisotopic (exact) mass is 369 g/mol. The molecule has 0 aliphatic rings. The summed E-state index contributed by atoms with van der Waals surface area (Å²) in [7, 11) is 3.21. The highest BCUT2D eigenvalue weighted by Gasteiger charge is 2.17. The average molecular weight is 369 g/mol. The Labute approximate surface area is 160 Å². The number of carbonyl (C=O) groups is 2. The van der Waals surface area contributed by atoms with Gasteiger partial charge in [-0.2, -0.15) is 0 Å². The number of methoxy groups -OCH3 is 1. The van der Waals surface area contributed by atoms with Crippen LogP contribution in [0.1, 0.15) is 46.0 Å². The maximum atomic E-state index is 12.3. The van der Waals surface area contributed by atoms with Gasteiger partial charge in [0, 0.05) is 25.5 Å². The molecule has 0 aromatic heterocycles. The molecule has 0 heterocycles. The fraction of sp³-hybridized carbons (Fsp3) is 0.364. The summed E-state index contributed by atoms with van der Waals surface area (Å²) in [6.07, 6.45) is -0.512. The molecule has 1 amide bonds. The summed E-state index contributed by atoms with van der Waals surface area (Å²) < 4.78 is 5.09. The van der Waals surface area contributed by atoms with Gasteiger partial charge in [0.2, 0.25) is 5.91 Å². The third-order valence-corrected chi connectivity index (χ3v) is 4.77. The highest BCUT2D eigenvalue weighted by atomic mass is 16.5. The van der Waals surface area contributed by atoms with E-state index in [-0.39, 0.29) is 31.1 Å². The van der Waals surface area contributed by atoms with E-state index in [0.29, 0.717) is 16.9 Å². The number of aliphatic hydroxyl groups excluding tert-OH is 1. The number of benzene rings is 2. The van der Waals surface area contributed by atoms with Crippen LogP contribution in [0.15, 0.2) is 42.5 Å². The Morgan fingerprint density at radius 1 is 1.04 bits per heavy atom. The number of nitrogens with zero attached hydrogens (tertiary/aromatic N) is 1. The minimum atomic E-state index is -0.791. The lowest BCUT2D eigenvalue weighted by Gasteiger charge is -2.21. The number of rotatable bonds is 8. The number of aliphatic hydroxyl groups is 1. The SMILES string of the molecule is COc1ccc(C(O)CN(C)C(=O)CCC(=O)c2ccc(C)c(C)c2)cc1. The van der Waals surface area contributed by atoms with E-state index in [0.717, 1.165) is 11.1 Å². The summed E-state index contributed by atoms with van der Waals surface area (Å²) in [5.74, 6) is 0.496. The van der Waals surface area contributed by atoms with Gasteiger partial charge in [0.05, 0.1) is 19.8 Å². The standard InChI is InChI=1S/C22H27NO4/c1-15-5-6-18(13-16(15)2)20(24)11-12-22(26)23(3)14-21(25)17-7-9-19(27-4)10-8-17/h5-10,13,21,25H,11-12,14H2,1-4H3. The van der Waals surface area contributed by atoms with Crippen molar-refractivity contribution >= 4 is 11.7 Å². The van der Waals surface area contributed by atoms with Crippen molar-refractivity contribution in [1.82, 2.24) is 4.90 Å². The van der Waals surface area contributed by atoms with Crippen LogP contribution >= 0.6 is 0 Å². The van der Waals surface area contributed by atoms with Crippen molar-refractivity contribution in [2.45, 2.75) is 32.8 Å².